The Balaban J connectivity index is 1.72. The van der Waals surface area contributed by atoms with Gasteiger partial charge in [-0.15, -0.1) is 0 Å². The molecule has 2 N–H and O–H groups in total. The molecule has 0 spiro atoms. The first-order valence-corrected chi connectivity index (χ1v) is 7.80. The number of hydrogen-bond acceptors (Lipinski definition) is 4. The number of nitrogens with zero attached hydrogens (tertiary/aromatic N) is 2. The van der Waals surface area contributed by atoms with E-state index in [1.807, 2.05) is 0 Å². The number of rotatable bonds is 4. The second-order valence-electron chi connectivity index (χ2n) is 5.82. The molecule has 1 aliphatic rings. The number of ether oxygens (including phenoxy) is 1. The van der Waals surface area contributed by atoms with Crippen LogP contribution in [0.25, 0.3) is 4.85 Å². The number of aromatic nitrogens is 1. The summed E-state index contributed by atoms with van der Waals surface area (Å²) < 4.78 is 19.4. The maximum absolute atomic E-state index is 13.9. The van der Waals surface area contributed by atoms with Crippen LogP contribution in [0, 0.1) is 12.4 Å². The smallest absolute Gasteiger partial charge is 0.213 e. The third kappa shape index (κ3) is 3.53. The van der Waals surface area contributed by atoms with E-state index in [-0.39, 0.29) is 12.3 Å². The fourth-order valence-corrected chi connectivity index (χ4v) is 2.73. The van der Waals surface area contributed by atoms with Gasteiger partial charge in [-0.25, -0.2) is 14.2 Å². The summed E-state index contributed by atoms with van der Waals surface area (Å²) in [6.45, 7) is 8.37. The van der Waals surface area contributed by atoms with Gasteiger partial charge in [-0.1, -0.05) is 18.2 Å². The van der Waals surface area contributed by atoms with Crippen molar-refractivity contribution in [3.05, 3.63) is 64.9 Å². The quantitative estimate of drug-likeness (QED) is 0.848. The minimum Gasteiger partial charge on any atom is -0.473 e. The van der Waals surface area contributed by atoms with Gasteiger partial charge in [0.05, 0.1) is 12.3 Å². The van der Waals surface area contributed by atoms with Crippen LogP contribution in [-0.4, -0.2) is 23.2 Å². The van der Waals surface area contributed by atoms with Crippen molar-refractivity contribution < 1.29 is 14.2 Å². The van der Waals surface area contributed by atoms with E-state index in [2.05, 4.69) is 15.1 Å². The van der Waals surface area contributed by atoms with Gasteiger partial charge in [0.25, 0.3) is 0 Å². The molecule has 0 bridgehead atoms. The molecule has 0 aliphatic carbocycles. The summed E-state index contributed by atoms with van der Waals surface area (Å²) in [7, 11) is 0. The lowest BCUT2D eigenvalue weighted by molar-refractivity contribution is 0.00130. The molecule has 2 aromatic rings. The number of nitrogens with one attached hydrogen (secondary N) is 1. The van der Waals surface area contributed by atoms with Crippen molar-refractivity contribution in [1.82, 2.24) is 10.3 Å². The number of hydrogen-bond donors (Lipinski definition) is 2. The van der Waals surface area contributed by atoms with E-state index in [0.29, 0.717) is 30.0 Å². The number of piperidine rings is 1. The van der Waals surface area contributed by atoms with Crippen LogP contribution in [0.15, 0.2) is 36.4 Å². The van der Waals surface area contributed by atoms with E-state index >= 15 is 0 Å². The average molecular weight is 327 g/mol. The summed E-state index contributed by atoms with van der Waals surface area (Å²) >= 11 is 0. The van der Waals surface area contributed by atoms with Crippen molar-refractivity contribution >= 4 is 5.69 Å². The Morgan fingerprint density at radius 3 is 2.79 bits per heavy atom. The Hall–Kier alpha value is -2.49. The first kappa shape index (κ1) is 16.4. The van der Waals surface area contributed by atoms with Crippen molar-refractivity contribution in [3.8, 4) is 5.88 Å². The highest BCUT2D eigenvalue weighted by Crippen LogP contribution is 2.30. The molecule has 1 aromatic carbocycles. The van der Waals surface area contributed by atoms with Crippen LogP contribution < -0.4 is 10.1 Å². The van der Waals surface area contributed by atoms with Crippen LogP contribution in [0.2, 0.25) is 0 Å². The van der Waals surface area contributed by atoms with E-state index in [1.54, 1.807) is 24.3 Å². The topological polar surface area (TPSA) is 58.7 Å². The van der Waals surface area contributed by atoms with Gasteiger partial charge in [-0.3, -0.25) is 0 Å². The highest BCUT2D eigenvalue weighted by atomic mass is 19.1. The van der Waals surface area contributed by atoms with Gasteiger partial charge in [-0.2, -0.15) is 0 Å². The molecule has 2 heterocycles. The lowest BCUT2D eigenvalue weighted by Gasteiger charge is -2.32. The minimum absolute atomic E-state index is 0.0144. The Morgan fingerprint density at radius 1 is 1.29 bits per heavy atom. The summed E-state index contributed by atoms with van der Waals surface area (Å²) in [5.74, 6) is -0.134. The van der Waals surface area contributed by atoms with Crippen LogP contribution in [-0.2, 0) is 12.2 Å². The highest BCUT2D eigenvalue weighted by molar-refractivity contribution is 5.46. The molecular weight excluding hydrogens is 309 g/mol. The summed E-state index contributed by atoms with van der Waals surface area (Å²) in [5.41, 5.74) is 0.234. The molecule has 0 amide bonds. The van der Waals surface area contributed by atoms with Gasteiger partial charge in [0, 0.05) is 11.6 Å². The molecule has 0 unspecified atom stereocenters. The molecule has 0 radical (unpaired) electrons. The molecule has 1 fully saturated rings. The van der Waals surface area contributed by atoms with Crippen molar-refractivity contribution in [1.29, 1.82) is 0 Å². The second kappa shape index (κ2) is 6.95. The van der Waals surface area contributed by atoms with E-state index in [1.165, 1.54) is 12.1 Å². The third-order valence-corrected chi connectivity index (χ3v) is 4.17. The summed E-state index contributed by atoms with van der Waals surface area (Å²) in [4.78, 5) is 7.56. The molecule has 5 nitrogen and oxygen atoms in total. The van der Waals surface area contributed by atoms with Crippen LogP contribution in [0.1, 0.15) is 24.1 Å². The molecule has 3 rings (SSSR count). The predicted octanol–water partition coefficient (Wildman–Crippen LogP) is 2.92. The molecular formula is C18H18FN3O2. The maximum Gasteiger partial charge on any atom is 0.213 e. The van der Waals surface area contributed by atoms with E-state index < -0.39 is 11.4 Å². The van der Waals surface area contributed by atoms with Crippen molar-refractivity contribution in [3.63, 3.8) is 0 Å². The zero-order valence-corrected chi connectivity index (χ0v) is 13.1. The lowest BCUT2D eigenvalue weighted by Crippen LogP contribution is -2.40. The van der Waals surface area contributed by atoms with Gasteiger partial charge < -0.3 is 15.2 Å². The predicted molar refractivity (Wildman–Crippen MR) is 87.2 cm³/mol. The molecule has 6 heteroatoms. The number of benzene rings is 1. The Kier molecular flexibility index (Phi) is 4.74. The molecule has 1 aromatic heterocycles. The van der Waals surface area contributed by atoms with Crippen molar-refractivity contribution in [2.24, 2.45) is 0 Å². The van der Waals surface area contributed by atoms with Gasteiger partial charge in [0.2, 0.25) is 5.88 Å². The standard InChI is InChI=1S/C18H18FN3O2/c1-20-14-6-5-13(15(19)11-14)12-24-17-4-2-3-16(22-17)18(23)7-9-21-10-8-18/h2-6,11,21,23H,7-10,12H2. The first-order chi connectivity index (χ1) is 11.6. The van der Waals surface area contributed by atoms with Gasteiger partial charge in [-0.05, 0) is 38.1 Å². The Labute approximate surface area is 139 Å². The lowest BCUT2D eigenvalue weighted by atomic mass is 9.89. The Bertz CT molecular complexity index is 767. The highest BCUT2D eigenvalue weighted by Gasteiger charge is 2.32. The van der Waals surface area contributed by atoms with Crippen molar-refractivity contribution in [2.75, 3.05) is 13.1 Å². The molecule has 1 saturated heterocycles. The second-order valence-corrected chi connectivity index (χ2v) is 5.82. The fourth-order valence-electron chi connectivity index (χ4n) is 2.73. The summed E-state index contributed by atoms with van der Waals surface area (Å²) in [6, 6.07) is 9.51. The number of aliphatic hydroxyl groups is 1. The largest absolute Gasteiger partial charge is 0.473 e. The normalized spacial score (nSPS) is 16.4. The van der Waals surface area contributed by atoms with Crippen LogP contribution in [0.3, 0.4) is 0 Å². The summed E-state index contributed by atoms with van der Waals surface area (Å²) in [6.07, 6.45) is 1.19. The number of halogens is 1. The minimum atomic E-state index is -0.951. The monoisotopic (exact) mass is 327 g/mol. The first-order valence-electron chi connectivity index (χ1n) is 7.80. The number of pyridine rings is 1. The Morgan fingerprint density at radius 2 is 2.08 bits per heavy atom. The summed E-state index contributed by atoms with van der Waals surface area (Å²) in [5, 5.41) is 13.9. The molecule has 24 heavy (non-hydrogen) atoms. The van der Waals surface area contributed by atoms with Crippen molar-refractivity contribution in [2.45, 2.75) is 25.0 Å². The molecule has 0 atom stereocenters. The van der Waals surface area contributed by atoms with Gasteiger partial charge in [0.1, 0.15) is 18.0 Å². The van der Waals surface area contributed by atoms with Crippen LogP contribution in [0.4, 0.5) is 10.1 Å². The maximum atomic E-state index is 13.9. The molecule has 124 valence electrons. The zero-order valence-electron chi connectivity index (χ0n) is 13.1. The third-order valence-electron chi connectivity index (χ3n) is 4.17. The van der Waals surface area contributed by atoms with Gasteiger partial charge in [0.15, 0.2) is 5.69 Å². The van der Waals surface area contributed by atoms with Gasteiger partial charge >= 0.3 is 0 Å². The fraction of sp³-hybridized carbons (Fsp3) is 0.333. The van der Waals surface area contributed by atoms with E-state index in [4.69, 9.17) is 11.3 Å². The SMILES string of the molecule is [C-]#[N+]c1ccc(COc2cccc(C3(O)CCNCC3)n2)c(F)c1. The van der Waals surface area contributed by atoms with E-state index in [9.17, 15) is 9.50 Å². The average Bonchev–Trinajstić information content (AvgIpc) is 2.61. The van der Waals surface area contributed by atoms with E-state index in [0.717, 1.165) is 13.1 Å². The molecule has 0 saturated carbocycles. The van der Waals surface area contributed by atoms with Crippen LogP contribution >= 0.6 is 0 Å². The molecule has 1 aliphatic heterocycles. The zero-order chi connectivity index (χ0) is 17.0. The van der Waals surface area contributed by atoms with Crippen LogP contribution in [0.5, 0.6) is 5.88 Å².